The second-order valence-corrected chi connectivity index (χ2v) is 3.56. The van der Waals surface area contributed by atoms with Crippen molar-refractivity contribution in [2.75, 3.05) is 0 Å². The fourth-order valence-electron chi connectivity index (χ4n) is 1.36. The van der Waals surface area contributed by atoms with Crippen molar-refractivity contribution in [1.82, 2.24) is 0 Å². The van der Waals surface area contributed by atoms with E-state index in [-0.39, 0.29) is 5.92 Å². The number of aliphatic hydroxyl groups excluding tert-OH is 1. The molecule has 0 bridgehead atoms. The molecule has 1 N–H and O–H groups in total. The average molecular weight is 168 g/mol. The van der Waals surface area contributed by atoms with Crippen molar-refractivity contribution in [3.63, 3.8) is 0 Å². The zero-order chi connectivity index (χ0) is 8.86. The lowest BCUT2D eigenvalue weighted by molar-refractivity contribution is -0.223. The van der Waals surface area contributed by atoms with Crippen molar-refractivity contribution in [2.24, 2.45) is 11.3 Å². The summed E-state index contributed by atoms with van der Waals surface area (Å²) in [5.41, 5.74) is -0.918. The van der Waals surface area contributed by atoms with Gasteiger partial charge in [0, 0.05) is 5.41 Å². The minimum Gasteiger partial charge on any atom is -0.383 e. The van der Waals surface area contributed by atoms with Gasteiger partial charge in [0.2, 0.25) is 0 Å². The fraction of sp³-hybridized carbons (Fsp3) is 1.00. The van der Waals surface area contributed by atoms with Crippen molar-refractivity contribution in [2.45, 2.75) is 32.5 Å². The van der Waals surface area contributed by atoms with Gasteiger partial charge in [-0.05, 0) is 12.3 Å². The molecule has 1 rings (SSSR count). The van der Waals surface area contributed by atoms with Gasteiger partial charge < -0.3 is 5.11 Å². The Morgan fingerprint density at radius 3 is 2.00 bits per heavy atom. The number of hydrogen-bond donors (Lipinski definition) is 1. The van der Waals surface area contributed by atoms with Crippen LogP contribution in [-0.4, -0.2) is 17.4 Å². The zero-order valence-corrected chi connectivity index (χ0v) is 6.44. The van der Waals surface area contributed by atoms with E-state index in [1.807, 2.05) is 0 Å². The molecule has 11 heavy (non-hydrogen) atoms. The van der Waals surface area contributed by atoms with Gasteiger partial charge in [-0.25, -0.2) is 0 Å². The summed E-state index contributed by atoms with van der Waals surface area (Å²) >= 11 is 0. The Morgan fingerprint density at radius 2 is 1.91 bits per heavy atom. The number of hydrogen-bond acceptors (Lipinski definition) is 1. The van der Waals surface area contributed by atoms with Crippen molar-refractivity contribution in [1.29, 1.82) is 0 Å². The molecule has 1 saturated carbocycles. The third-order valence-corrected chi connectivity index (χ3v) is 2.65. The third kappa shape index (κ3) is 1.36. The van der Waals surface area contributed by atoms with Gasteiger partial charge in [0.25, 0.3) is 0 Å². The first-order valence-electron chi connectivity index (χ1n) is 3.53. The summed E-state index contributed by atoms with van der Waals surface area (Å²) in [6.07, 6.45) is -6.14. The summed E-state index contributed by atoms with van der Waals surface area (Å²) in [5.74, 6) is -0.0147. The molecule has 0 aromatic carbocycles. The minimum atomic E-state index is -4.46. The summed E-state index contributed by atoms with van der Waals surface area (Å²) < 4.78 is 35.7. The van der Waals surface area contributed by atoms with E-state index in [9.17, 15) is 13.2 Å². The Morgan fingerprint density at radius 1 is 1.55 bits per heavy atom. The topological polar surface area (TPSA) is 20.2 Å². The van der Waals surface area contributed by atoms with Crippen LogP contribution < -0.4 is 0 Å². The van der Waals surface area contributed by atoms with Gasteiger partial charge in [-0.15, -0.1) is 0 Å². The number of rotatable bonds is 1. The zero-order valence-electron chi connectivity index (χ0n) is 6.44. The van der Waals surface area contributed by atoms with Crippen LogP contribution in [0.5, 0.6) is 0 Å². The SMILES string of the molecule is C[C@@H]1C[C@]1(C)C(O)C(F)(F)F. The maximum Gasteiger partial charge on any atom is 0.414 e. The quantitative estimate of drug-likeness (QED) is 0.634. The second-order valence-electron chi connectivity index (χ2n) is 3.56. The number of aliphatic hydroxyl groups is 1. The van der Waals surface area contributed by atoms with Crippen LogP contribution in [0.4, 0.5) is 13.2 Å². The molecule has 0 amide bonds. The predicted octanol–water partition coefficient (Wildman–Crippen LogP) is 1.96. The Labute approximate surface area is 63.2 Å². The van der Waals surface area contributed by atoms with Crippen molar-refractivity contribution < 1.29 is 18.3 Å². The standard InChI is InChI=1S/C7H11F3O/c1-4-3-6(4,2)5(11)7(8,9)10/h4-5,11H,3H2,1-2H3/t4-,5?,6+/m1/s1. The highest BCUT2D eigenvalue weighted by atomic mass is 19.4. The predicted molar refractivity (Wildman–Crippen MR) is 33.9 cm³/mol. The van der Waals surface area contributed by atoms with E-state index in [1.165, 1.54) is 6.92 Å². The van der Waals surface area contributed by atoms with E-state index in [0.29, 0.717) is 6.42 Å². The van der Waals surface area contributed by atoms with Crippen molar-refractivity contribution >= 4 is 0 Å². The van der Waals surface area contributed by atoms with Crippen LogP contribution in [0.25, 0.3) is 0 Å². The highest BCUT2D eigenvalue weighted by Gasteiger charge is 2.61. The second kappa shape index (κ2) is 2.12. The first-order valence-corrected chi connectivity index (χ1v) is 3.53. The molecular weight excluding hydrogens is 157 g/mol. The molecule has 4 heteroatoms. The Hall–Kier alpha value is -0.250. The van der Waals surface area contributed by atoms with Crippen LogP contribution >= 0.6 is 0 Å². The molecule has 0 spiro atoms. The highest BCUT2D eigenvalue weighted by molar-refractivity contribution is 5.03. The molecule has 0 saturated heterocycles. The van der Waals surface area contributed by atoms with Crippen LogP contribution in [0, 0.1) is 11.3 Å². The minimum absolute atomic E-state index is 0.0147. The molecule has 0 radical (unpaired) electrons. The van der Waals surface area contributed by atoms with E-state index in [1.54, 1.807) is 6.92 Å². The van der Waals surface area contributed by atoms with Gasteiger partial charge in [-0.2, -0.15) is 13.2 Å². The van der Waals surface area contributed by atoms with E-state index in [4.69, 9.17) is 5.11 Å². The number of halogens is 3. The molecule has 0 aliphatic heterocycles. The normalized spacial score (nSPS) is 40.4. The molecule has 0 heterocycles. The van der Waals surface area contributed by atoms with Crippen LogP contribution in [0.2, 0.25) is 0 Å². The summed E-state index contributed by atoms with van der Waals surface area (Å²) in [4.78, 5) is 0. The van der Waals surface area contributed by atoms with E-state index < -0.39 is 17.7 Å². The van der Waals surface area contributed by atoms with Gasteiger partial charge in [-0.1, -0.05) is 13.8 Å². The van der Waals surface area contributed by atoms with Gasteiger partial charge in [0.05, 0.1) is 0 Å². The largest absolute Gasteiger partial charge is 0.414 e. The third-order valence-electron chi connectivity index (χ3n) is 2.65. The number of alkyl halides is 3. The van der Waals surface area contributed by atoms with Crippen molar-refractivity contribution in [3.05, 3.63) is 0 Å². The monoisotopic (exact) mass is 168 g/mol. The molecule has 0 aromatic rings. The van der Waals surface area contributed by atoms with Gasteiger partial charge in [0.1, 0.15) is 0 Å². The lowest BCUT2D eigenvalue weighted by Gasteiger charge is -2.21. The van der Waals surface area contributed by atoms with E-state index >= 15 is 0 Å². The first kappa shape index (κ1) is 8.84. The fourth-order valence-corrected chi connectivity index (χ4v) is 1.36. The van der Waals surface area contributed by atoms with Crippen LogP contribution in [0.3, 0.4) is 0 Å². The van der Waals surface area contributed by atoms with Gasteiger partial charge in [0.15, 0.2) is 6.10 Å². The molecule has 1 fully saturated rings. The molecule has 66 valence electrons. The smallest absolute Gasteiger partial charge is 0.383 e. The summed E-state index contributed by atoms with van der Waals surface area (Å²) in [6, 6.07) is 0. The Kier molecular flexibility index (Phi) is 1.71. The van der Waals surface area contributed by atoms with Crippen LogP contribution in [0.15, 0.2) is 0 Å². The Bertz CT molecular complexity index is 166. The van der Waals surface area contributed by atoms with Crippen LogP contribution in [-0.2, 0) is 0 Å². The lowest BCUT2D eigenvalue weighted by Crippen LogP contribution is -2.36. The molecule has 0 aromatic heterocycles. The van der Waals surface area contributed by atoms with Gasteiger partial charge in [-0.3, -0.25) is 0 Å². The molecule has 1 aliphatic rings. The highest BCUT2D eigenvalue weighted by Crippen LogP contribution is 2.57. The maximum absolute atomic E-state index is 11.9. The van der Waals surface area contributed by atoms with Gasteiger partial charge >= 0.3 is 6.18 Å². The Balaban J connectivity index is 2.63. The van der Waals surface area contributed by atoms with E-state index in [0.717, 1.165) is 0 Å². The van der Waals surface area contributed by atoms with Crippen LogP contribution in [0.1, 0.15) is 20.3 Å². The average Bonchev–Trinajstić information content (AvgIpc) is 2.38. The first-order chi connectivity index (χ1) is 4.78. The van der Waals surface area contributed by atoms with Crippen molar-refractivity contribution in [3.8, 4) is 0 Å². The molecule has 1 aliphatic carbocycles. The van der Waals surface area contributed by atoms with E-state index in [2.05, 4.69) is 0 Å². The summed E-state index contributed by atoms with van der Waals surface area (Å²) in [7, 11) is 0. The summed E-state index contributed by atoms with van der Waals surface area (Å²) in [6.45, 7) is 3.19. The lowest BCUT2D eigenvalue weighted by atomic mass is 9.99. The maximum atomic E-state index is 11.9. The molecule has 3 atom stereocenters. The molecule has 1 nitrogen and oxygen atoms in total. The summed E-state index contributed by atoms with van der Waals surface area (Å²) in [5, 5.41) is 8.83. The molecular formula is C7H11F3O. The molecule has 1 unspecified atom stereocenters.